The third kappa shape index (κ3) is 4.07. The lowest BCUT2D eigenvalue weighted by Gasteiger charge is -2.29. The number of carbonyl (C=O) groups excluding carboxylic acids is 2. The number of benzene rings is 1. The number of hydrogen-bond acceptors (Lipinski definition) is 4. The number of amides is 2. The van der Waals surface area contributed by atoms with Crippen molar-refractivity contribution in [2.45, 2.75) is 53.2 Å². The fraction of sp³-hybridized carbons (Fsp3) is 0.375. The summed E-state index contributed by atoms with van der Waals surface area (Å²) in [4.78, 5) is 27.4. The van der Waals surface area contributed by atoms with Gasteiger partial charge in [-0.15, -0.1) is 0 Å². The minimum atomic E-state index is -0.473. The van der Waals surface area contributed by atoms with Gasteiger partial charge in [0, 0.05) is 24.5 Å². The molecule has 0 unspecified atom stereocenters. The minimum absolute atomic E-state index is 0.0733. The Morgan fingerprint density at radius 3 is 2.61 bits per heavy atom. The Bertz CT molecular complexity index is 1110. The number of aromatic nitrogens is 1. The van der Waals surface area contributed by atoms with Gasteiger partial charge in [-0.2, -0.15) is 0 Å². The van der Waals surface area contributed by atoms with Crippen LogP contribution in [0.15, 0.2) is 29.8 Å². The van der Waals surface area contributed by atoms with Crippen LogP contribution in [0.1, 0.15) is 40.9 Å². The third-order valence-corrected chi connectivity index (χ3v) is 6.46. The van der Waals surface area contributed by atoms with Crippen LogP contribution < -0.4 is 10.2 Å². The van der Waals surface area contributed by atoms with E-state index in [-0.39, 0.29) is 16.8 Å². The monoisotopic (exact) mass is 437 g/mol. The molecule has 4 rings (SSSR count). The molecule has 0 radical (unpaired) electrons. The molecule has 1 N–H and O–H groups in total. The summed E-state index contributed by atoms with van der Waals surface area (Å²) >= 11 is 5.32. The molecule has 3 heterocycles. The van der Waals surface area contributed by atoms with Crippen LogP contribution in [0.3, 0.4) is 0 Å². The van der Waals surface area contributed by atoms with Crippen LogP contribution in [0.2, 0.25) is 0 Å². The minimum Gasteiger partial charge on any atom is -0.376 e. The molecule has 2 aromatic rings. The summed E-state index contributed by atoms with van der Waals surface area (Å²) < 4.78 is 7.97. The van der Waals surface area contributed by atoms with Gasteiger partial charge < -0.3 is 9.30 Å². The van der Waals surface area contributed by atoms with Gasteiger partial charge >= 0.3 is 0 Å². The number of anilines is 1. The summed E-state index contributed by atoms with van der Waals surface area (Å²) in [6.07, 6.45) is 4.02. The van der Waals surface area contributed by atoms with Gasteiger partial charge in [-0.05, 0) is 93.7 Å². The van der Waals surface area contributed by atoms with E-state index in [2.05, 4.69) is 9.88 Å². The summed E-state index contributed by atoms with van der Waals surface area (Å²) in [5.74, 6) is -0.889. The van der Waals surface area contributed by atoms with Crippen LogP contribution in [0.5, 0.6) is 0 Å². The predicted molar refractivity (Wildman–Crippen MR) is 125 cm³/mol. The number of carbonyl (C=O) groups is 2. The quantitative estimate of drug-likeness (QED) is 0.450. The van der Waals surface area contributed by atoms with Crippen LogP contribution in [-0.4, -0.2) is 34.2 Å². The van der Waals surface area contributed by atoms with Crippen molar-refractivity contribution in [3.8, 4) is 0 Å². The molecule has 2 aliphatic heterocycles. The molecule has 6 nitrogen and oxygen atoms in total. The van der Waals surface area contributed by atoms with E-state index in [1.165, 1.54) is 4.90 Å². The lowest BCUT2D eigenvalue weighted by molar-refractivity contribution is -0.122. The van der Waals surface area contributed by atoms with Gasteiger partial charge in [-0.1, -0.05) is 6.07 Å². The molecule has 7 heteroatoms. The van der Waals surface area contributed by atoms with E-state index in [0.29, 0.717) is 5.69 Å². The Balaban J connectivity index is 1.68. The standard InChI is InChI=1S/C24H27N3O3S/c1-14-7-8-19(10-15(14)2)27-23(29)21(22(28)25-24(27)31)12-18-11-16(3)26(17(18)4)13-20-6-5-9-30-20/h7-8,10-12,20H,5-6,9,13H2,1-4H3,(H,25,28,31)/b21-12+/t20-/m1/s1. The number of nitrogens with one attached hydrogen (secondary N) is 1. The van der Waals surface area contributed by atoms with Gasteiger partial charge in [0.25, 0.3) is 11.8 Å². The number of hydrogen-bond donors (Lipinski definition) is 1. The topological polar surface area (TPSA) is 63.6 Å². The van der Waals surface area contributed by atoms with Gasteiger partial charge in [0.15, 0.2) is 5.11 Å². The first-order chi connectivity index (χ1) is 14.8. The third-order valence-electron chi connectivity index (χ3n) is 6.17. The van der Waals surface area contributed by atoms with Crippen LogP contribution in [0.25, 0.3) is 6.08 Å². The first-order valence-corrected chi connectivity index (χ1v) is 10.9. The zero-order valence-corrected chi connectivity index (χ0v) is 19.1. The van der Waals surface area contributed by atoms with Crippen molar-refractivity contribution in [2.24, 2.45) is 0 Å². The fourth-order valence-corrected chi connectivity index (χ4v) is 4.44. The van der Waals surface area contributed by atoms with Crippen molar-refractivity contribution in [1.29, 1.82) is 0 Å². The number of ether oxygens (including phenoxy) is 1. The van der Waals surface area contributed by atoms with E-state index in [1.54, 1.807) is 6.08 Å². The first kappa shape index (κ1) is 21.5. The molecule has 1 aromatic carbocycles. The zero-order valence-electron chi connectivity index (χ0n) is 18.3. The first-order valence-electron chi connectivity index (χ1n) is 10.5. The average molecular weight is 438 g/mol. The van der Waals surface area contributed by atoms with Crippen molar-refractivity contribution in [3.05, 3.63) is 57.9 Å². The van der Waals surface area contributed by atoms with Crippen molar-refractivity contribution in [1.82, 2.24) is 9.88 Å². The molecule has 1 aromatic heterocycles. The lowest BCUT2D eigenvalue weighted by atomic mass is 10.1. The summed E-state index contributed by atoms with van der Waals surface area (Å²) in [7, 11) is 0. The number of aryl methyl sites for hydroxylation is 3. The van der Waals surface area contributed by atoms with Crippen LogP contribution in [0, 0.1) is 27.7 Å². The van der Waals surface area contributed by atoms with Crippen molar-refractivity contribution >= 4 is 40.9 Å². The maximum Gasteiger partial charge on any atom is 0.270 e. The number of thiocarbonyl (C=S) groups is 1. The predicted octanol–water partition coefficient (Wildman–Crippen LogP) is 3.73. The smallest absolute Gasteiger partial charge is 0.270 e. The number of rotatable bonds is 4. The fourth-order valence-electron chi connectivity index (χ4n) is 4.16. The highest BCUT2D eigenvalue weighted by Gasteiger charge is 2.35. The molecule has 2 amide bonds. The Morgan fingerprint density at radius 2 is 1.94 bits per heavy atom. The van der Waals surface area contributed by atoms with E-state index in [9.17, 15) is 9.59 Å². The molecule has 0 aliphatic carbocycles. The van der Waals surface area contributed by atoms with E-state index >= 15 is 0 Å². The highest BCUT2D eigenvalue weighted by Crippen LogP contribution is 2.26. The lowest BCUT2D eigenvalue weighted by Crippen LogP contribution is -2.54. The molecular weight excluding hydrogens is 410 g/mol. The van der Waals surface area contributed by atoms with E-state index < -0.39 is 11.8 Å². The molecular formula is C24H27N3O3S. The van der Waals surface area contributed by atoms with E-state index in [4.69, 9.17) is 17.0 Å². The van der Waals surface area contributed by atoms with Gasteiger partial charge in [0.1, 0.15) is 5.57 Å². The largest absolute Gasteiger partial charge is 0.376 e. The molecule has 0 bridgehead atoms. The van der Waals surface area contributed by atoms with Crippen LogP contribution >= 0.6 is 12.2 Å². The second-order valence-electron chi connectivity index (χ2n) is 8.30. The molecule has 2 aliphatic rings. The van der Waals surface area contributed by atoms with Crippen molar-refractivity contribution in [2.75, 3.05) is 11.5 Å². The molecule has 162 valence electrons. The molecule has 2 fully saturated rings. The molecule has 2 saturated heterocycles. The summed E-state index contributed by atoms with van der Waals surface area (Å²) in [5, 5.41) is 2.76. The SMILES string of the molecule is Cc1ccc(N2C(=O)/C(=C/c3cc(C)n(C[C@H]4CCCO4)c3C)C(=O)NC2=S)cc1C. The second-order valence-corrected chi connectivity index (χ2v) is 8.69. The Labute approximate surface area is 187 Å². The van der Waals surface area contributed by atoms with Crippen molar-refractivity contribution < 1.29 is 14.3 Å². The molecule has 0 spiro atoms. The maximum absolute atomic E-state index is 13.3. The molecule has 31 heavy (non-hydrogen) atoms. The Kier molecular flexibility index (Phi) is 5.81. The Hall–Kier alpha value is -2.77. The van der Waals surface area contributed by atoms with E-state index in [1.807, 2.05) is 52.0 Å². The zero-order chi connectivity index (χ0) is 22.3. The highest BCUT2D eigenvalue weighted by atomic mass is 32.1. The summed E-state index contributed by atoms with van der Waals surface area (Å²) in [6.45, 7) is 9.61. The van der Waals surface area contributed by atoms with Crippen LogP contribution in [-0.2, 0) is 20.9 Å². The summed E-state index contributed by atoms with van der Waals surface area (Å²) in [6, 6.07) is 7.70. The second kappa shape index (κ2) is 8.40. The summed E-state index contributed by atoms with van der Waals surface area (Å²) in [5.41, 5.74) is 5.82. The molecule has 0 saturated carbocycles. The maximum atomic E-state index is 13.3. The van der Waals surface area contributed by atoms with Crippen LogP contribution in [0.4, 0.5) is 5.69 Å². The van der Waals surface area contributed by atoms with Gasteiger partial charge in [-0.3, -0.25) is 19.8 Å². The average Bonchev–Trinajstić information content (AvgIpc) is 3.32. The Morgan fingerprint density at radius 1 is 1.16 bits per heavy atom. The van der Waals surface area contributed by atoms with Gasteiger partial charge in [0.05, 0.1) is 11.8 Å². The van der Waals surface area contributed by atoms with Crippen molar-refractivity contribution in [3.63, 3.8) is 0 Å². The normalized spacial score (nSPS) is 20.6. The van der Waals surface area contributed by atoms with Gasteiger partial charge in [-0.25, -0.2) is 0 Å². The number of nitrogens with zero attached hydrogens (tertiary/aromatic N) is 2. The highest BCUT2D eigenvalue weighted by molar-refractivity contribution is 7.80. The molecule has 1 atom stereocenters. The van der Waals surface area contributed by atoms with E-state index in [0.717, 1.165) is 54.1 Å². The van der Waals surface area contributed by atoms with Gasteiger partial charge in [0.2, 0.25) is 0 Å².